The average molecular weight is 362 g/mol. The molecule has 1 atom stereocenters. The van der Waals surface area contributed by atoms with Gasteiger partial charge in [0.05, 0.1) is 12.4 Å². The molecule has 0 amide bonds. The first kappa shape index (κ1) is 15.5. The van der Waals surface area contributed by atoms with Crippen LogP contribution in [0.25, 0.3) is 0 Å². The lowest BCUT2D eigenvalue weighted by Crippen LogP contribution is -2.44. The predicted octanol–water partition coefficient (Wildman–Crippen LogP) is 1.61. The van der Waals surface area contributed by atoms with E-state index in [9.17, 15) is 13.2 Å². The van der Waals surface area contributed by atoms with Gasteiger partial charge in [-0.25, -0.2) is 13.1 Å². The molecule has 0 saturated heterocycles. The zero-order valence-electron chi connectivity index (χ0n) is 11.0. The molecule has 1 fully saturated rings. The molecule has 0 heterocycles. The van der Waals surface area contributed by atoms with E-state index >= 15 is 0 Å². The molecular formula is C13H16BrNO4S. The van der Waals surface area contributed by atoms with Crippen molar-refractivity contribution in [1.82, 2.24) is 4.72 Å². The van der Waals surface area contributed by atoms with Gasteiger partial charge in [-0.3, -0.25) is 4.79 Å². The van der Waals surface area contributed by atoms with E-state index in [4.69, 9.17) is 0 Å². The van der Waals surface area contributed by atoms with Gasteiger partial charge >= 0.3 is 5.97 Å². The van der Waals surface area contributed by atoms with Gasteiger partial charge in [-0.05, 0) is 37.0 Å². The number of hydrogen-bond acceptors (Lipinski definition) is 4. The van der Waals surface area contributed by atoms with Crippen molar-refractivity contribution in [3.05, 3.63) is 34.3 Å². The Morgan fingerprint density at radius 3 is 2.50 bits per heavy atom. The smallest absolute Gasteiger partial charge is 0.324 e. The second kappa shape index (κ2) is 6.24. The summed E-state index contributed by atoms with van der Waals surface area (Å²) in [5.41, 5.74) is 0.863. The summed E-state index contributed by atoms with van der Waals surface area (Å²) >= 11 is 3.33. The summed E-state index contributed by atoms with van der Waals surface area (Å²) in [5, 5.41) is -0.362. The Morgan fingerprint density at radius 1 is 1.40 bits per heavy atom. The van der Waals surface area contributed by atoms with Crippen LogP contribution in [0.5, 0.6) is 0 Å². The standard InChI is InChI=1S/C13H16BrNO4S/c1-19-13(16)12(15-20(17,18)11-6-7-11)8-9-2-4-10(14)5-3-9/h2-5,11-12,15H,6-8H2,1H3/t12-/m0/s1. The molecule has 110 valence electrons. The van der Waals surface area contributed by atoms with E-state index in [0.29, 0.717) is 12.8 Å². The van der Waals surface area contributed by atoms with Crippen LogP contribution in [0.4, 0.5) is 0 Å². The van der Waals surface area contributed by atoms with E-state index in [1.807, 2.05) is 24.3 Å². The van der Waals surface area contributed by atoms with Crippen LogP contribution in [-0.4, -0.2) is 32.8 Å². The highest BCUT2D eigenvalue weighted by molar-refractivity contribution is 9.10. The molecule has 0 spiro atoms. The number of esters is 1. The Hall–Kier alpha value is -0.920. The molecular weight excluding hydrogens is 346 g/mol. The van der Waals surface area contributed by atoms with E-state index < -0.39 is 22.0 Å². The lowest BCUT2D eigenvalue weighted by molar-refractivity contribution is -0.142. The Balaban J connectivity index is 2.11. The van der Waals surface area contributed by atoms with Crippen LogP contribution < -0.4 is 4.72 Å². The highest BCUT2D eigenvalue weighted by Gasteiger charge is 2.38. The molecule has 0 aromatic heterocycles. The van der Waals surface area contributed by atoms with Crippen LogP contribution in [0.3, 0.4) is 0 Å². The molecule has 1 aromatic rings. The van der Waals surface area contributed by atoms with Crippen LogP contribution >= 0.6 is 15.9 Å². The lowest BCUT2D eigenvalue weighted by Gasteiger charge is -2.16. The van der Waals surface area contributed by atoms with Crippen molar-refractivity contribution < 1.29 is 17.9 Å². The number of halogens is 1. The number of carbonyl (C=O) groups excluding carboxylic acids is 1. The predicted molar refractivity (Wildman–Crippen MR) is 78.7 cm³/mol. The molecule has 1 aliphatic rings. The van der Waals surface area contributed by atoms with Crippen molar-refractivity contribution in [1.29, 1.82) is 0 Å². The van der Waals surface area contributed by atoms with Crippen molar-refractivity contribution in [3.63, 3.8) is 0 Å². The van der Waals surface area contributed by atoms with Crippen LogP contribution in [0.2, 0.25) is 0 Å². The molecule has 1 aromatic carbocycles. The number of benzene rings is 1. The fourth-order valence-corrected chi connectivity index (χ4v) is 3.63. The number of carbonyl (C=O) groups is 1. The van der Waals surface area contributed by atoms with Crippen LogP contribution in [-0.2, 0) is 26.0 Å². The third-order valence-corrected chi connectivity index (χ3v) is 5.60. The molecule has 1 aliphatic carbocycles. The number of hydrogen-bond donors (Lipinski definition) is 1. The minimum Gasteiger partial charge on any atom is -0.468 e. The summed E-state index contributed by atoms with van der Waals surface area (Å²) in [5.74, 6) is -0.572. The van der Waals surface area contributed by atoms with Gasteiger partial charge in [-0.1, -0.05) is 28.1 Å². The monoisotopic (exact) mass is 361 g/mol. The van der Waals surface area contributed by atoms with Gasteiger partial charge < -0.3 is 4.74 Å². The topological polar surface area (TPSA) is 72.5 Å². The Bertz CT molecular complexity index is 581. The number of methoxy groups -OCH3 is 1. The molecule has 1 N–H and O–H groups in total. The first-order chi connectivity index (χ1) is 9.42. The highest BCUT2D eigenvalue weighted by atomic mass is 79.9. The van der Waals surface area contributed by atoms with Crippen molar-refractivity contribution in [3.8, 4) is 0 Å². The fourth-order valence-electron chi connectivity index (χ4n) is 1.84. The summed E-state index contributed by atoms with van der Waals surface area (Å²) in [6.07, 6.45) is 1.58. The largest absolute Gasteiger partial charge is 0.468 e. The van der Waals surface area contributed by atoms with Crippen LogP contribution in [0.1, 0.15) is 18.4 Å². The molecule has 0 bridgehead atoms. The van der Waals surface area contributed by atoms with Gasteiger partial charge in [0.1, 0.15) is 6.04 Å². The van der Waals surface area contributed by atoms with Gasteiger partial charge in [0.2, 0.25) is 10.0 Å². The first-order valence-corrected chi connectivity index (χ1v) is 8.59. The fraction of sp³-hybridized carbons (Fsp3) is 0.462. The minimum atomic E-state index is -3.43. The summed E-state index contributed by atoms with van der Waals surface area (Å²) in [6, 6.07) is 6.49. The van der Waals surface area contributed by atoms with Crippen molar-refractivity contribution in [2.45, 2.75) is 30.6 Å². The summed E-state index contributed by atoms with van der Waals surface area (Å²) in [7, 11) is -2.18. The molecule has 7 heteroatoms. The molecule has 1 saturated carbocycles. The maximum absolute atomic E-state index is 11.9. The van der Waals surface area contributed by atoms with Crippen molar-refractivity contribution in [2.24, 2.45) is 0 Å². The van der Waals surface area contributed by atoms with Gasteiger partial charge in [0.15, 0.2) is 0 Å². The second-order valence-corrected chi connectivity index (χ2v) is 7.68. The maximum atomic E-state index is 11.9. The van der Waals surface area contributed by atoms with E-state index in [2.05, 4.69) is 25.4 Å². The quantitative estimate of drug-likeness (QED) is 0.781. The number of ether oxygens (including phenoxy) is 1. The van der Waals surface area contributed by atoms with E-state index in [1.165, 1.54) is 7.11 Å². The van der Waals surface area contributed by atoms with Crippen molar-refractivity contribution in [2.75, 3.05) is 7.11 Å². The first-order valence-electron chi connectivity index (χ1n) is 6.26. The molecule has 0 aliphatic heterocycles. The summed E-state index contributed by atoms with van der Waals surface area (Å²) < 4.78 is 31.9. The lowest BCUT2D eigenvalue weighted by atomic mass is 10.1. The minimum absolute atomic E-state index is 0.270. The van der Waals surface area contributed by atoms with Gasteiger partial charge in [-0.2, -0.15) is 0 Å². The number of sulfonamides is 1. The summed E-state index contributed by atoms with van der Waals surface area (Å²) in [4.78, 5) is 11.7. The van der Waals surface area contributed by atoms with E-state index in [0.717, 1.165) is 10.0 Å². The third kappa shape index (κ3) is 4.04. The molecule has 0 radical (unpaired) electrons. The van der Waals surface area contributed by atoms with Gasteiger partial charge in [0, 0.05) is 4.47 Å². The zero-order valence-corrected chi connectivity index (χ0v) is 13.4. The molecule has 20 heavy (non-hydrogen) atoms. The third-order valence-electron chi connectivity index (χ3n) is 3.11. The van der Waals surface area contributed by atoms with Gasteiger partial charge in [0.25, 0.3) is 0 Å². The average Bonchev–Trinajstić information content (AvgIpc) is 3.24. The molecule has 0 unspecified atom stereocenters. The van der Waals surface area contributed by atoms with Crippen molar-refractivity contribution >= 4 is 31.9 Å². The second-order valence-electron chi connectivity index (χ2n) is 4.77. The Labute approximate surface area is 126 Å². The normalized spacial score (nSPS) is 16.7. The van der Waals surface area contributed by atoms with Crippen LogP contribution in [0, 0.1) is 0 Å². The SMILES string of the molecule is COC(=O)[C@H](Cc1ccc(Br)cc1)NS(=O)(=O)C1CC1. The number of rotatable bonds is 6. The Kier molecular flexibility index (Phi) is 4.82. The Morgan fingerprint density at radius 2 is 2.00 bits per heavy atom. The molecule has 2 rings (SSSR count). The highest BCUT2D eigenvalue weighted by Crippen LogP contribution is 2.28. The summed E-state index contributed by atoms with van der Waals surface area (Å²) in [6.45, 7) is 0. The van der Waals surface area contributed by atoms with Crippen LogP contribution in [0.15, 0.2) is 28.7 Å². The molecule has 5 nitrogen and oxygen atoms in total. The van der Waals surface area contributed by atoms with E-state index in [1.54, 1.807) is 0 Å². The number of nitrogens with one attached hydrogen (secondary N) is 1. The van der Waals surface area contributed by atoms with E-state index in [-0.39, 0.29) is 11.7 Å². The zero-order chi connectivity index (χ0) is 14.8. The maximum Gasteiger partial charge on any atom is 0.324 e. The van der Waals surface area contributed by atoms with Gasteiger partial charge in [-0.15, -0.1) is 0 Å².